The average molecular weight is 369 g/mol. The first kappa shape index (κ1) is 19.1. The number of rotatable bonds is 5. The maximum Gasteiger partial charge on any atom is 0.191 e. The number of aliphatic imine (C=N–C) groups is 1. The fourth-order valence-corrected chi connectivity index (χ4v) is 3.61. The molecular weight excluding hydrogens is 341 g/mol. The number of benzene rings is 1. The molecular formula is C21H28FN5. The summed E-state index contributed by atoms with van der Waals surface area (Å²) in [5.41, 5.74) is 3.91. The largest absolute Gasteiger partial charge is 0.356 e. The second-order valence-corrected chi connectivity index (χ2v) is 7.13. The molecule has 0 spiro atoms. The summed E-state index contributed by atoms with van der Waals surface area (Å²) in [4.78, 5) is 10.5. The number of hydrogen-bond donors (Lipinski definition) is 2. The molecule has 1 aromatic carbocycles. The molecule has 0 bridgehead atoms. The quantitative estimate of drug-likeness (QED) is 0.629. The number of hydrogen-bond acceptors (Lipinski definition) is 3. The fraction of sp³-hybridized carbons (Fsp3) is 0.429. The maximum atomic E-state index is 13.9. The van der Waals surface area contributed by atoms with Crippen molar-refractivity contribution in [3.8, 4) is 0 Å². The van der Waals surface area contributed by atoms with Gasteiger partial charge >= 0.3 is 0 Å². The molecule has 144 valence electrons. The van der Waals surface area contributed by atoms with Gasteiger partial charge in [0.15, 0.2) is 17.6 Å². The van der Waals surface area contributed by atoms with Gasteiger partial charge in [0.2, 0.25) is 0 Å². The van der Waals surface area contributed by atoms with E-state index in [4.69, 9.17) is 0 Å². The van der Waals surface area contributed by atoms with Gasteiger partial charge in [0.25, 0.3) is 0 Å². The van der Waals surface area contributed by atoms with Crippen LogP contribution < -0.4 is 15.5 Å². The molecule has 27 heavy (non-hydrogen) atoms. The molecule has 0 amide bonds. The molecule has 5 nitrogen and oxygen atoms in total. The third-order valence-corrected chi connectivity index (χ3v) is 4.78. The van der Waals surface area contributed by atoms with E-state index in [9.17, 15) is 4.39 Å². The van der Waals surface area contributed by atoms with E-state index in [0.29, 0.717) is 12.4 Å². The van der Waals surface area contributed by atoms with Crippen LogP contribution in [0.1, 0.15) is 23.1 Å². The van der Waals surface area contributed by atoms with Crippen LogP contribution in [0.5, 0.6) is 0 Å². The molecule has 3 rings (SSSR count). The highest BCUT2D eigenvalue weighted by molar-refractivity contribution is 5.80. The average Bonchev–Trinajstić information content (AvgIpc) is 3.08. The predicted molar refractivity (Wildman–Crippen MR) is 109 cm³/mol. The molecule has 2 heterocycles. The van der Waals surface area contributed by atoms with E-state index in [1.165, 1.54) is 22.8 Å². The normalized spacial score (nSPS) is 17.3. The van der Waals surface area contributed by atoms with Crippen LogP contribution in [-0.4, -0.2) is 43.7 Å². The molecule has 6 heteroatoms. The van der Waals surface area contributed by atoms with Crippen LogP contribution in [0.25, 0.3) is 0 Å². The predicted octanol–water partition coefficient (Wildman–Crippen LogP) is 2.82. The van der Waals surface area contributed by atoms with Crippen molar-refractivity contribution < 1.29 is 4.39 Å². The Morgan fingerprint density at radius 1 is 1.30 bits per heavy atom. The number of aromatic nitrogens is 1. The smallest absolute Gasteiger partial charge is 0.191 e. The zero-order valence-electron chi connectivity index (χ0n) is 16.3. The summed E-state index contributed by atoms with van der Waals surface area (Å²) < 4.78 is 13.9. The third kappa shape index (κ3) is 5.18. The first-order valence-corrected chi connectivity index (χ1v) is 9.45. The summed E-state index contributed by atoms with van der Waals surface area (Å²) >= 11 is 0. The number of aryl methyl sites for hydroxylation is 2. The van der Waals surface area contributed by atoms with Crippen molar-refractivity contribution in [3.05, 3.63) is 59.0 Å². The van der Waals surface area contributed by atoms with Crippen molar-refractivity contribution in [2.45, 2.75) is 32.7 Å². The maximum absolute atomic E-state index is 13.9. The Labute approximate surface area is 160 Å². The summed E-state index contributed by atoms with van der Waals surface area (Å²) in [6, 6.07) is 9.93. The number of nitrogens with zero attached hydrogens (tertiary/aromatic N) is 3. The number of guanidine groups is 1. The zero-order chi connectivity index (χ0) is 19.2. The van der Waals surface area contributed by atoms with Crippen LogP contribution in [0.2, 0.25) is 0 Å². The van der Waals surface area contributed by atoms with E-state index in [0.717, 1.165) is 31.9 Å². The molecule has 0 radical (unpaired) electrons. The van der Waals surface area contributed by atoms with E-state index in [-0.39, 0.29) is 11.9 Å². The third-order valence-electron chi connectivity index (χ3n) is 4.78. The van der Waals surface area contributed by atoms with E-state index >= 15 is 0 Å². The van der Waals surface area contributed by atoms with Crippen molar-refractivity contribution >= 4 is 11.8 Å². The summed E-state index contributed by atoms with van der Waals surface area (Å²) in [5, 5.41) is 6.82. The van der Waals surface area contributed by atoms with Gasteiger partial charge in [0, 0.05) is 38.9 Å². The molecule has 1 atom stereocenters. The Morgan fingerprint density at radius 3 is 2.78 bits per heavy atom. The second kappa shape index (κ2) is 8.84. The minimum atomic E-state index is -0.269. The van der Waals surface area contributed by atoms with Gasteiger partial charge in [-0.05, 0) is 44.4 Å². The molecule has 1 aliphatic rings. The van der Waals surface area contributed by atoms with Gasteiger partial charge in [-0.1, -0.05) is 29.3 Å². The summed E-state index contributed by atoms with van der Waals surface area (Å²) in [6.45, 7) is 6.56. The summed E-state index contributed by atoms with van der Waals surface area (Å²) in [6.07, 6.45) is 3.50. The number of pyridine rings is 1. The van der Waals surface area contributed by atoms with Crippen LogP contribution in [-0.2, 0) is 6.42 Å². The second-order valence-electron chi connectivity index (χ2n) is 7.13. The van der Waals surface area contributed by atoms with Crippen molar-refractivity contribution in [1.82, 2.24) is 15.6 Å². The lowest BCUT2D eigenvalue weighted by molar-refractivity contribution is 0.612. The Morgan fingerprint density at radius 2 is 2.07 bits per heavy atom. The van der Waals surface area contributed by atoms with Gasteiger partial charge in [-0.15, -0.1) is 0 Å². The Balaban J connectivity index is 1.49. The Bertz CT molecular complexity index is 785. The first-order valence-electron chi connectivity index (χ1n) is 9.45. The molecule has 0 saturated carbocycles. The highest BCUT2D eigenvalue weighted by atomic mass is 19.1. The molecule has 2 aromatic rings. The van der Waals surface area contributed by atoms with Crippen molar-refractivity contribution in [2.75, 3.05) is 31.6 Å². The summed E-state index contributed by atoms with van der Waals surface area (Å²) in [5.74, 6) is 0.946. The van der Waals surface area contributed by atoms with Crippen LogP contribution in [0, 0.1) is 19.7 Å². The number of halogens is 1. The minimum absolute atomic E-state index is 0.221. The van der Waals surface area contributed by atoms with Crippen LogP contribution in [0.4, 0.5) is 10.2 Å². The van der Waals surface area contributed by atoms with E-state index < -0.39 is 0 Å². The Hall–Kier alpha value is -2.63. The van der Waals surface area contributed by atoms with E-state index in [1.807, 2.05) is 4.90 Å². The Kier molecular flexibility index (Phi) is 6.27. The number of nitrogens with one attached hydrogen (secondary N) is 2. The molecule has 1 aliphatic heterocycles. The van der Waals surface area contributed by atoms with Crippen LogP contribution in [0.15, 0.2) is 41.5 Å². The lowest BCUT2D eigenvalue weighted by atomic mass is 10.1. The first-order chi connectivity index (χ1) is 13.0. The lowest BCUT2D eigenvalue weighted by Crippen LogP contribution is -2.45. The van der Waals surface area contributed by atoms with E-state index in [1.54, 1.807) is 19.3 Å². The van der Waals surface area contributed by atoms with E-state index in [2.05, 4.69) is 52.7 Å². The number of anilines is 1. The highest BCUT2D eigenvalue weighted by Gasteiger charge is 2.25. The monoisotopic (exact) mass is 369 g/mol. The molecule has 1 aromatic heterocycles. The standard InChI is InChI=1S/C21H28FN5/c1-15-11-16(2)13-17(12-15)6-9-25-21(23-3)26-18-7-10-27(14-18)20-19(22)5-4-8-24-20/h4-5,8,11-13,18H,6-7,9-10,14H2,1-3H3,(H2,23,25,26). The molecule has 0 aliphatic carbocycles. The van der Waals surface area contributed by atoms with Crippen molar-refractivity contribution in [2.24, 2.45) is 4.99 Å². The van der Waals surface area contributed by atoms with Crippen LogP contribution in [0.3, 0.4) is 0 Å². The molecule has 1 saturated heterocycles. The summed E-state index contributed by atoms with van der Waals surface area (Å²) in [7, 11) is 1.78. The SMILES string of the molecule is CN=C(NCCc1cc(C)cc(C)c1)NC1CCN(c2ncccc2F)C1. The van der Waals surface area contributed by atoms with Gasteiger partial charge in [-0.25, -0.2) is 9.37 Å². The van der Waals surface area contributed by atoms with Crippen molar-refractivity contribution in [3.63, 3.8) is 0 Å². The van der Waals surface area contributed by atoms with Gasteiger partial charge < -0.3 is 15.5 Å². The van der Waals surface area contributed by atoms with Gasteiger partial charge in [-0.3, -0.25) is 4.99 Å². The van der Waals surface area contributed by atoms with Crippen molar-refractivity contribution in [1.29, 1.82) is 0 Å². The van der Waals surface area contributed by atoms with Gasteiger partial charge in [-0.2, -0.15) is 0 Å². The van der Waals surface area contributed by atoms with Gasteiger partial charge in [0.1, 0.15) is 0 Å². The topological polar surface area (TPSA) is 52.6 Å². The fourth-order valence-electron chi connectivity index (χ4n) is 3.61. The zero-order valence-corrected chi connectivity index (χ0v) is 16.3. The lowest BCUT2D eigenvalue weighted by Gasteiger charge is -2.20. The molecule has 1 unspecified atom stereocenters. The van der Waals surface area contributed by atoms with Crippen LogP contribution >= 0.6 is 0 Å². The molecule has 1 fully saturated rings. The highest BCUT2D eigenvalue weighted by Crippen LogP contribution is 2.20. The van der Waals surface area contributed by atoms with Gasteiger partial charge in [0.05, 0.1) is 0 Å². The minimum Gasteiger partial charge on any atom is -0.356 e. The molecule has 2 N–H and O–H groups in total.